The van der Waals surface area contributed by atoms with Gasteiger partial charge in [0.2, 0.25) is 0 Å². The highest BCUT2D eigenvalue weighted by Crippen LogP contribution is 2.34. The third-order valence-corrected chi connectivity index (χ3v) is 4.36. The minimum absolute atomic E-state index is 0.101. The number of nitrogens with zero attached hydrogens (tertiary/aromatic N) is 2. The van der Waals surface area contributed by atoms with Crippen LogP contribution in [0.3, 0.4) is 0 Å². The minimum atomic E-state index is -0.567. The molecule has 1 amide bonds. The second-order valence-electron chi connectivity index (χ2n) is 6.70. The van der Waals surface area contributed by atoms with Gasteiger partial charge in [-0.15, -0.1) is 0 Å². The van der Waals surface area contributed by atoms with Gasteiger partial charge in [-0.05, 0) is 30.2 Å². The highest BCUT2D eigenvalue weighted by Gasteiger charge is 2.31. The number of hydrogen-bond acceptors (Lipinski definition) is 3. The van der Waals surface area contributed by atoms with Crippen LogP contribution < -0.4 is 5.32 Å². The maximum atomic E-state index is 14.2. The van der Waals surface area contributed by atoms with E-state index in [-0.39, 0.29) is 22.7 Å². The van der Waals surface area contributed by atoms with Gasteiger partial charge >= 0.3 is 0 Å². The molecule has 2 rings (SSSR count). The van der Waals surface area contributed by atoms with Crippen LogP contribution in [0.25, 0.3) is 0 Å². The van der Waals surface area contributed by atoms with Crippen molar-refractivity contribution in [2.45, 2.75) is 33.6 Å². The third kappa shape index (κ3) is 3.34. The molecule has 1 aliphatic rings. The van der Waals surface area contributed by atoms with Gasteiger partial charge in [0.25, 0.3) is 5.91 Å². The zero-order valence-corrected chi connectivity index (χ0v) is 13.2. The van der Waals surface area contributed by atoms with E-state index in [0.717, 1.165) is 12.8 Å². The highest BCUT2D eigenvalue weighted by atomic mass is 19.1. The van der Waals surface area contributed by atoms with Crippen LogP contribution in [0.4, 0.5) is 10.2 Å². The van der Waals surface area contributed by atoms with E-state index in [1.54, 1.807) is 11.9 Å². The second kappa shape index (κ2) is 6.00. The van der Waals surface area contributed by atoms with Crippen LogP contribution in [0.15, 0.2) is 12.3 Å². The van der Waals surface area contributed by atoms with Gasteiger partial charge in [-0.1, -0.05) is 20.8 Å². The molecule has 1 saturated heterocycles. The highest BCUT2D eigenvalue weighted by molar-refractivity contribution is 5.95. The topological polar surface area (TPSA) is 45.2 Å². The molecular weight excluding hydrogens is 269 g/mol. The molecule has 0 radical (unpaired) electrons. The Morgan fingerprint density at radius 1 is 1.38 bits per heavy atom. The molecule has 5 heteroatoms. The van der Waals surface area contributed by atoms with E-state index < -0.39 is 5.82 Å². The summed E-state index contributed by atoms with van der Waals surface area (Å²) in [5.41, 5.74) is 0.361. The molecule has 1 fully saturated rings. The minimum Gasteiger partial charge on any atom is -0.371 e. The molecule has 0 atom stereocenters. The van der Waals surface area contributed by atoms with Gasteiger partial charge in [0, 0.05) is 26.3 Å². The van der Waals surface area contributed by atoms with Crippen LogP contribution in [-0.2, 0) is 0 Å². The summed E-state index contributed by atoms with van der Waals surface area (Å²) in [6.45, 7) is 8.08. The van der Waals surface area contributed by atoms with Crippen molar-refractivity contribution in [1.29, 1.82) is 0 Å². The number of amides is 1. The zero-order chi connectivity index (χ0) is 15.6. The van der Waals surface area contributed by atoms with E-state index in [1.807, 2.05) is 0 Å². The van der Waals surface area contributed by atoms with Crippen LogP contribution in [0, 0.1) is 17.2 Å². The summed E-state index contributed by atoms with van der Waals surface area (Å²) >= 11 is 0. The lowest BCUT2D eigenvalue weighted by Gasteiger charge is -2.38. The molecule has 0 bridgehead atoms. The maximum absolute atomic E-state index is 14.2. The summed E-state index contributed by atoms with van der Waals surface area (Å²) in [6.07, 6.45) is 3.41. The Morgan fingerprint density at radius 2 is 2.00 bits per heavy atom. The first-order valence-electron chi connectivity index (χ1n) is 7.46. The number of aromatic nitrogens is 1. The van der Waals surface area contributed by atoms with Gasteiger partial charge in [0.05, 0.1) is 5.56 Å². The van der Waals surface area contributed by atoms with E-state index in [2.05, 4.69) is 31.1 Å². The number of carbonyl (C=O) groups is 1. The van der Waals surface area contributed by atoms with Gasteiger partial charge in [-0.2, -0.15) is 0 Å². The summed E-state index contributed by atoms with van der Waals surface area (Å²) in [6, 6.07) is 1.45. The van der Waals surface area contributed by atoms with Crippen LogP contribution in [0.5, 0.6) is 0 Å². The first-order chi connectivity index (χ1) is 9.84. The summed E-state index contributed by atoms with van der Waals surface area (Å²) < 4.78 is 14.2. The maximum Gasteiger partial charge on any atom is 0.257 e. The Labute approximate surface area is 125 Å². The fourth-order valence-corrected chi connectivity index (χ4v) is 2.90. The first-order valence-corrected chi connectivity index (χ1v) is 7.46. The number of pyridine rings is 1. The molecule has 116 valence electrons. The van der Waals surface area contributed by atoms with Crippen molar-refractivity contribution < 1.29 is 9.18 Å². The smallest absolute Gasteiger partial charge is 0.257 e. The number of carbonyl (C=O) groups excluding carboxylic acids is 1. The van der Waals surface area contributed by atoms with Crippen LogP contribution >= 0.6 is 0 Å². The quantitative estimate of drug-likeness (QED) is 0.911. The Morgan fingerprint density at radius 3 is 2.52 bits per heavy atom. The second-order valence-corrected chi connectivity index (χ2v) is 6.70. The molecule has 21 heavy (non-hydrogen) atoms. The normalized spacial score (nSPS) is 16.9. The predicted molar refractivity (Wildman–Crippen MR) is 81.8 cm³/mol. The third-order valence-electron chi connectivity index (χ3n) is 4.36. The number of piperidine rings is 1. The van der Waals surface area contributed by atoms with E-state index in [9.17, 15) is 9.18 Å². The van der Waals surface area contributed by atoms with Crippen molar-refractivity contribution in [3.63, 3.8) is 0 Å². The number of rotatable bonds is 2. The van der Waals surface area contributed by atoms with Crippen molar-refractivity contribution in [2.24, 2.45) is 11.3 Å². The fourth-order valence-electron chi connectivity index (χ4n) is 2.90. The zero-order valence-electron chi connectivity index (χ0n) is 13.2. The van der Waals surface area contributed by atoms with Crippen LogP contribution in [-0.4, -0.2) is 35.9 Å². The molecule has 1 aliphatic heterocycles. The number of hydrogen-bond donors (Lipinski definition) is 1. The molecule has 0 saturated carbocycles. The standard InChI is InChI=1S/C16H24FN3O/c1-16(2,3)11-6-9-20(10-7-11)15(21)12-5-8-19-14(18-4)13(12)17/h5,8,11H,6-7,9-10H2,1-4H3,(H,18,19). The lowest BCUT2D eigenvalue weighted by atomic mass is 9.75. The number of likely N-dealkylation sites (tertiary alicyclic amines) is 1. The summed E-state index contributed by atoms with van der Waals surface area (Å²) in [5.74, 6) is -0.0798. The molecule has 0 unspecified atom stereocenters. The largest absolute Gasteiger partial charge is 0.371 e. The van der Waals surface area contributed by atoms with Gasteiger partial charge < -0.3 is 10.2 Å². The predicted octanol–water partition coefficient (Wildman–Crippen LogP) is 3.16. The molecule has 0 aliphatic carbocycles. The molecule has 0 aromatic carbocycles. The Hall–Kier alpha value is -1.65. The molecule has 1 aromatic heterocycles. The molecule has 4 nitrogen and oxygen atoms in total. The summed E-state index contributed by atoms with van der Waals surface area (Å²) in [5, 5.41) is 2.66. The Bertz CT molecular complexity index is 517. The van der Waals surface area contributed by atoms with Gasteiger partial charge in [-0.3, -0.25) is 4.79 Å². The molecule has 1 N–H and O–H groups in total. The average Bonchev–Trinajstić information content (AvgIpc) is 2.46. The average molecular weight is 293 g/mol. The van der Waals surface area contributed by atoms with Gasteiger partial charge in [-0.25, -0.2) is 9.37 Å². The summed E-state index contributed by atoms with van der Waals surface area (Å²) in [4.78, 5) is 18.1. The SMILES string of the molecule is CNc1nccc(C(=O)N2CCC(C(C)(C)C)CC2)c1F. The van der Waals surface area contributed by atoms with Crippen molar-refractivity contribution in [3.8, 4) is 0 Å². The number of nitrogens with one attached hydrogen (secondary N) is 1. The first kappa shape index (κ1) is 15.7. The van der Waals surface area contributed by atoms with E-state index in [4.69, 9.17) is 0 Å². The lowest BCUT2D eigenvalue weighted by Crippen LogP contribution is -2.41. The van der Waals surface area contributed by atoms with Crippen molar-refractivity contribution in [3.05, 3.63) is 23.6 Å². The summed E-state index contributed by atoms with van der Waals surface area (Å²) in [7, 11) is 1.59. The molecule has 1 aromatic rings. The molecule has 2 heterocycles. The van der Waals surface area contributed by atoms with Gasteiger partial charge in [0.1, 0.15) is 0 Å². The van der Waals surface area contributed by atoms with Crippen molar-refractivity contribution in [1.82, 2.24) is 9.88 Å². The van der Waals surface area contributed by atoms with Crippen LogP contribution in [0.1, 0.15) is 44.0 Å². The van der Waals surface area contributed by atoms with Crippen molar-refractivity contribution >= 4 is 11.7 Å². The molecule has 0 spiro atoms. The molecular formula is C16H24FN3O. The van der Waals surface area contributed by atoms with E-state index in [1.165, 1.54) is 12.3 Å². The number of anilines is 1. The van der Waals surface area contributed by atoms with Crippen LogP contribution in [0.2, 0.25) is 0 Å². The van der Waals surface area contributed by atoms with E-state index in [0.29, 0.717) is 19.0 Å². The fraction of sp³-hybridized carbons (Fsp3) is 0.625. The monoisotopic (exact) mass is 293 g/mol. The van der Waals surface area contributed by atoms with Crippen molar-refractivity contribution in [2.75, 3.05) is 25.5 Å². The Balaban J connectivity index is 2.09. The Kier molecular flexibility index (Phi) is 4.49. The van der Waals surface area contributed by atoms with Gasteiger partial charge in [0.15, 0.2) is 11.6 Å². The van der Waals surface area contributed by atoms with E-state index >= 15 is 0 Å². The lowest BCUT2D eigenvalue weighted by molar-refractivity contribution is 0.0604. The number of halogens is 1.